The monoisotopic (exact) mass is 251 g/mol. The van der Waals surface area contributed by atoms with Gasteiger partial charge in [-0.3, -0.25) is 10.1 Å². The molecule has 0 saturated carbocycles. The van der Waals surface area contributed by atoms with Crippen molar-refractivity contribution in [2.24, 2.45) is 5.92 Å². The first-order valence-corrected chi connectivity index (χ1v) is 6.02. The van der Waals surface area contributed by atoms with Crippen molar-refractivity contribution >= 4 is 17.3 Å². The van der Waals surface area contributed by atoms with E-state index in [4.69, 9.17) is 5.73 Å². The van der Waals surface area contributed by atoms with Crippen molar-refractivity contribution < 1.29 is 4.92 Å². The molecule has 0 aromatic carbocycles. The van der Waals surface area contributed by atoms with Gasteiger partial charge in [-0.05, 0) is 37.9 Å². The summed E-state index contributed by atoms with van der Waals surface area (Å²) in [5.74, 6) is 1.10. The van der Waals surface area contributed by atoms with Gasteiger partial charge in [0.15, 0.2) is 0 Å². The van der Waals surface area contributed by atoms with Crippen molar-refractivity contribution in [3.8, 4) is 0 Å². The standard InChI is InChI=1S/C11H17N5O2/c12-11-9(16(17)18)3-4-10(15-11)14-7-8-2-1-5-13-6-8/h3-4,8,13H,1-2,5-7H2,(H3,12,14,15). The molecular formula is C11H17N5O2. The summed E-state index contributed by atoms with van der Waals surface area (Å²) in [4.78, 5) is 14.0. The van der Waals surface area contributed by atoms with Gasteiger partial charge in [0.2, 0.25) is 5.82 Å². The first kappa shape index (κ1) is 12.6. The van der Waals surface area contributed by atoms with Crippen molar-refractivity contribution in [2.75, 3.05) is 30.7 Å². The van der Waals surface area contributed by atoms with Crippen molar-refractivity contribution in [1.82, 2.24) is 10.3 Å². The van der Waals surface area contributed by atoms with Gasteiger partial charge in [-0.15, -0.1) is 0 Å². The predicted molar refractivity (Wildman–Crippen MR) is 69.4 cm³/mol. The molecule has 0 bridgehead atoms. The van der Waals surface area contributed by atoms with Gasteiger partial charge in [0.25, 0.3) is 0 Å². The number of nitrogens with one attached hydrogen (secondary N) is 2. The first-order valence-electron chi connectivity index (χ1n) is 6.02. The summed E-state index contributed by atoms with van der Waals surface area (Å²) < 4.78 is 0. The zero-order chi connectivity index (χ0) is 13.0. The van der Waals surface area contributed by atoms with Crippen molar-refractivity contribution in [3.05, 3.63) is 22.2 Å². The molecule has 1 aromatic heterocycles. The highest BCUT2D eigenvalue weighted by atomic mass is 16.6. The Bertz CT molecular complexity index is 431. The normalized spacial score (nSPS) is 19.4. The highest BCUT2D eigenvalue weighted by Crippen LogP contribution is 2.21. The van der Waals surface area contributed by atoms with Crippen LogP contribution in [0.25, 0.3) is 0 Å². The molecule has 1 aliphatic heterocycles. The van der Waals surface area contributed by atoms with E-state index in [1.807, 2.05) is 0 Å². The molecule has 1 unspecified atom stereocenters. The summed E-state index contributed by atoms with van der Waals surface area (Å²) in [6, 6.07) is 2.97. The fourth-order valence-corrected chi connectivity index (χ4v) is 2.07. The van der Waals surface area contributed by atoms with Crippen LogP contribution in [0.2, 0.25) is 0 Å². The smallest absolute Gasteiger partial charge is 0.311 e. The van der Waals surface area contributed by atoms with E-state index >= 15 is 0 Å². The molecule has 1 atom stereocenters. The number of anilines is 2. The molecule has 7 nitrogen and oxygen atoms in total. The summed E-state index contributed by atoms with van der Waals surface area (Å²) in [5.41, 5.74) is 5.37. The Morgan fingerprint density at radius 1 is 1.61 bits per heavy atom. The van der Waals surface area contributed by atoms with Gasteiger partial charge in [0.1, 0.15) is 5.82 Å². The number of rotatable bonds is 4. The Kier molecular flexibility index (Phi) is 3.93. The van der Waals surface area contributed by atoms with E-state index in [9.17, 15) is 10.1 Å². The molecule has 98 valence electrons. The van der Waals surface area contributed by atoms with Crippen LogP contribution >= 0.6 is 0 Å². The number of hydrogen-bond donors (Lipinski definition) is 3. The Morgan fingerprint density at radius 2 is 2.44 bits per heavy atom. The molecule has 1 saturated heterocycles. The molecule has 1 aromatic rings. The molecule has 0 radical (unpaired) electrons. The maximum absolute atomic E-state index is 10.6. The van der Waals surface area contributed by atoms with Gasteiger partial charge < -0.3 is 16.4 Å². The molecule has 0 amide bonds. The molecule has 2 rings (SSSR count). The van der Waals surface area contributed by atoms with Gasteiger partial charge in [-0.25, -0.2) is 4.98 Å². The van der Waals surface area contributed by atoms with Gasteiger partial charge >= 0.3 is 5.69 Å². The fraction of sp³-hybridized carbons (Fsp3) is 0.545. The van der Waals surface area contributed by atoms with Gasteiger partial charge in [-0.1, -0.05) is 0 Å². The number of nitro groups is 1. The number of piperidine rings is 1. The Balaban J connectivity index is 1.93. The predicted octanol–water partition coefficient (Wildman–Crippen LogP) is 0.983. The van der Waals surface area contributed by atoms with E-state index in [1.54, 1.807) is 6.07 Å². The minimum Gasteiger partial charge on any atom is -0.378 e. The third-order valence-corrected chi connectivity index (χ3v) is 3.07. The average molecular weight is 251 g/mol. The lowest BCUT2D eigenvalue weighted by Crippen LogP contribution is -2.33. The Morgan fingerprint density at radius 3 is 3.06 bits per heavy atom. The summed E-state index contributed by atoms with van der Waals surface area (Å²) >= 11 is 0. The molecule has 4 N–H and O–H groups in total. The van der Waals surface area contributed by atoms with E-state index in [2.05, 4.69) is 15.6 Å². The van der Waals surface area contributed by atoms with Crippen LogP contribution < -0.4 is 16.4 Å². The minimum atomic E-state index is -0.531. The van der Waals surface area contributed by atoms with Gasteiger partial charge in [-0.2, -0.15) is 0 Å². The van der Waals surface area contributed by atoms with E-state index in [0.717, 1.165) is 19.6 Å². The molecular weight excluding hydrogens is 234 g/mol. The minimum absolute atomic E-state index is 0.0493. The molecule has 1 aliphatic rings. The van der Waals surface area contributed by atoms with Gasteiger partial charge in [0.05, 0.1) is 4.92 Å². The molecule has 0 spiro atoms. The van der Waals surface area contributed by atoms with E-state index < -0.39 is 4.92 Å². The van der Waals surface area contributed by atoms with E-state index in [0.29, 0.717) is 11.7 Å². The quantitative estimate of drug-likeness (QED) is 0.544. The number of nitrogens with two attached hydrogens (primary N) is 1. The number of hydrogen-bond acceptors (Lipinski definition) is 6. The fourth-order valence-electron chi connectivity index (χ4n) is 2.07. The van der Waals surface area contributed by atoms with Crippen LogP contribution in [0, 0.1) is 16.0 Å². The van der Waals surface area contributed by atoms with Crippen molar-refractivity contribution in [2.45, 2.75) is 12.8 Å². The third kappa shape index (κ3) is 3.07. The molecule has 18 heavy (non-hydrogen) atoms. The highest BCUT2D eigenvalue weighted by molar-refractivity contribution is 5.57. The zero-order valence-electron chi connectivity index (χ0n) is 10.1. The molecule has 7 heteroatoms. The van der Waals surface area contributed by atoms with Gasteiger partial charge in [0, 0.05) is 12.6 Å². The summed E-state index contributed by atoms with van der Waals surface area (Å²) in [6.45, 7) is 2.88. The third-order valence-electron chi connectivity index (χ3n) is 3.07. The summed E-state index contributed by atoms with van der Waals surface area (Å²) in [5, 5.41) is 17.1. The summed E-state index contributed by atoms with van der Waals surface area (Å²) in [6.07, 6.45) is 2.37. The van der Waals surface area contributed by atoms with Crippen LogP contribution in [0.5, 0.6) is 0 Å². The van der Waals surface area contributed by atoms with Crippen LogP contribution in [-0.2, 0) is 0 Å². The lowest BCUT2D eigenvalue weighted by molar-refractivity contribution is -0.384. The maximum Gasteiger partial charge on any atom is 0.311 e. The van der Waals surface area contributed by atoms with E-state index in [1.165, 1.54) is 18.9 Å². The largest absolute Gasteiger partial charge is 0.378 e. The van der Waals surface area contributed by atoms with Crippen LogP contribution in [0.3, 0.4) is 0 Å². The molecule has 0 aliphatic carbocycles. The van der Waals surface area contributed by atoms with Crippen LogP contribution in [0.4, 0.5) is 17.3 Å². The zero-order valence-corrected chi connectivity index (χ0v) is 10.1. The Labute approximate surface area is 105 Å². The average Bonchev–Trinajstić information content (AvgIpc) is 2.37. The summed E-state index contributed by atoms with van der Waals surface area (Å²) in [7, 11) is 0. The SMILES string of the molecule is Nc1nc(NCC2CCCNC2)ccc1[N+](=O)[O-]. The number of nitrogens with zero attached hydrogens (tertiary/aromatic N) is 2. The molecule has 2 heterocycles. The Hall–Kier alpha value is -1.89. The highest BCUT2D eigenvalue weighted by Gasteiger charge is 2.15. The lowest BCUT2D eigenvalue weighted by atomic mass is 10.00. The van der Waals surface area contributed by atoms with Crippen molar-refractivity contribution in [3.63, 3.8) is 0 Å². The lowest BCUT2D eigenvalue weighted by Gasteiger charge is -2.23. The van der Waals surface area contributed by atoms with E-state index in [-0.39, 0.29) is 11.5 Å². The van der Waals surface area contributed by atoms with Crippen LogP contribution in [0.1, 0.15) is 12.8 Å². The molecule has 1 fully saturated rings. The second-order valence-corrected chi connectivity index (χ2v) is 4.45. The number of aromatic nitrogens is 1. The first-order chi connectivity index (χ1) is 8.66. The van der Waals surface area contributed by atoms with Crippen LogP contribution in [-0.4, -0.2) is 29.5 Å². The van der Waals surface area contributed by atoms with Crippen molar-refractivity contribution in [1.29, 1.82) is 0 Å². The maximum atomic E-state index is 10.6. The second-order valence-electron chi connectivity index (χ2n) is 4.45. The van der Waals surface area contributed by atoms with Crippen LogP contribution in [0.15, 0.2) is 12.1 Å². The number of pyridine rings is 1. The topological polar surface area (TPSA) is 106 Å². The number of nitrogen functional groups attached to an aromatic ring is 1. The second kappa shape index (κ2) is 5.63.